The molecule has 2 N–H and O–H groups in total. The van der Waals surface area contributed by atoms with Gasteiger partial charge in [0.1, 0.15) is 17.5 Å². The number of aromatic nitrogens is 2. The summed E-state index contributed by atoms with van der Waals surface area (Å²) in [4.78, 5) is 88.6. The molecular formula is C62H90FN9O7. The highest BCUT2D eigenvalue weighted by atomic mass is 19.1. The second-order valence-corrected chi connectivity index (χ2v) is 22.4. The van der Waals surface area contributed by atoms with Crippen molar-refractivity contribution in [3.63, 3.8) is 0 Å². The van der Waals surface area contributed by atoms with Gasteiger partial charge in [-0.3, -0.25) is 33.8 Å². The summed E-state index contributed by atoms with van der Waals surface area (Å²) >= 11 is 0. The molecule has 17 heteroatoms. The number of benzene rings is 3. The average molecular weight is 1090 g/mol. The number of aromatic amines is 1. The van der Waals surface area contributed by atoms with Crippen molar-refractivity contribution in [2.45, 2.75) is 137 Å². The molecule has 5 amide bonds. The lowest BCUT2D eigenvalue weighted by atomic mass is 9.83. The van der Waals surface area contributed by atoms with Gasteiger partial charge in [0.2, 0.25) is 18.2 Å². The highest BCUT2D eigenvalue weighted by Gasteiger charge is 2.36. The zero-order valence-corrected chi connectivity index (χ0v) is 48.6. The lowest BCUT2D eigenvalue weighted by Gasteiger charge is -2.41. The first-order chi connectivity index (χ1) is 38.1. The van der Waals surface area contributed by atoms with Crippen LogP contribution < -0.4 is 10.9 Å². The van der Waals surface area contributed by atoms with Crippen molar-refractivity contribution < 1.29 is 33.1 Å². The Morgan fingerprint density at radius 2 is 1.42 bits per heavy atom. The van der Waals surface area contributed by atoms with Crippen LogP contribution in [0.4, 0.5) is 9.18 Å². The molecular weight excluding hydrogens is 1000 g/mol. The van der Waals surface area contributed by atoms with Gasteiger partial charge < -0.3 is 29.7 Å². The molecule has 0 bridgehead atoms. The van der Waals surface area contributed by atoms with Crippen LogP contribution in [0.3, 0.4) is 0 Å². The van der Waals surface area contributed by atoms with Gasteiger partial charge in [0.25, 0.3) is 11.5 Å². The summed E-state index contributed by atoms with van der Waals surface area (Å²) in [6.45, 7) is 25.3. The Labute approximate surface area is 468 Å². The Morgan fingerprint density at radius 1 is 0.747 bits per heavy atom. The number of piperazine rings is 2. The molecule has 3 aromatic carbocycles. The third-order valence-electron chi connectivity index (χ3n) is 15.8. The van der Waals surface area contributed by atoms with Gasteiger partial charge in [0.05, 0.1) is 17.6 Å². The molecule has 9 rings (SSSR count). The maximum atomic E-state index is 14.2. The highest BCUT2D eigenvalue weighted by Crippen LogP contribution is 2.31. The van der Waals surface area contributed by atoms with Crippen LogP contribution in [0.15, 0.2) is 71.5 Å². The maximum Gasteiger partial charge on any atom is 0.410 e. The van der Waals surface area contributed by atoms with E-state index in [2.05, 4.69) is 25.3 Å². The maximum absolute atomic E-state index is 14.2. The van der Waals surface area contributed by atoms with E-state index in [9.17, 15) is 33.2 Å². The number of nitrogens with one attached hydrogen (secondary N) is 2. The van der Waals surface area contributed by atoms with E-state index < -0.39 is 11.6 Å². The van der Waals surface area contributed by atoms with Crippen molar-refractivity contribution in [3.8, 4) is 0 Å². The van der Waals surface area contributed by atoms with Crippen molar-refractivity contribution in [1.29, 1.82) is 0 Å². The molecule has 4 aliphatic heterocycles. The molecule has 5 aliphatic rings. The topological polar surface area (TPSA) is 172 Å². The van der Waals surface area contributed by atoms with Gasteiger partial charge in [0.15, 0.2) is 0 Å². The van der Waals surface area contributed by atoms with E-state index >= 15 is 0 Å². The second-order valence-electron chi connectivity index (χ2n) is 22.4. The zero-order chi connectivity index (χ0) is 57.1. The van der Waals surface area contributed by atoms with Crippen molar-refractivity contribution >= 4 is 41.0 Å². The van der Waals surface area contributed by atoms with E-state index in [1.165, 1.54) is 12.5 Å². The summed E-state index contributed by atoms with van der Waals surface area (Å²) in [5, 5.41) is 11.3. The molecule has 4 aromatic rings. The van der Waals surface area contributed by atoms with E-state index in [4.69, 9.17) is 4.74 Å². The Morgan fingerprint density at radius 3 is 2.08 bits per heavy atom. The first-order valence-corrected chi connectivity index (χ1v) is 29.4. The van der Waals surface area contributed by atoms with Crippen LogP contribution in [0.25, 0.3) is 10.8 Å². The van der Waals surface area contributed by atoms with Crippen molar-refractivity contribution in [1.82, 2.24) is 44.9 Å². The lowest BCUT2D eigenvalue weighted by molar-refractivity contribution is -0.137. The van der Waals surface area contributed by atoms with Crippen molar-refractivity contribution in [2.75, 3.05) is 91.6 Å². The minimum Gasteiger partial charge on any atom is -0.444 e. The summed E-state index contributed by atoms with van der Waals surface area (Å²) in [6, 6.07) is 19.5. The van der Waals surface area contributed by atoms with Gasteiger partial charge in [-0.2, -0.15) is 5.10 Å². The Bertz CT molecular complexity index is 2660. The summed E-state index contributed by atoms with van der Waals surface area (Å²) in [6.07, 6.45) is 10.3. The minimum absolute atomic E-state index is 0.0434. The first-order valence-electron chi connectivity index (χ1n) is 29.4. The number of nitrogens with zero attached hydrogens (tertiary/aromatic N) is 7. The lowest BCUT2D eigenvalue weighted by Crippen LogP contribution is -2.57. The van der Waals surface area contributed by atoms with Crippen LogP contribution in [-0.2, 0) is 25.5 Å². The molecule has 2 unspecified atom stereocenters. The second kappa shape index (κ2) is 30.4. The Hall–Kier alpha value is -6.20. The van der Waals surface area contributed by atoms with Crippen LogP contribution in [0.2, 0.25) is 0 Å². The summed E-state index contributed by atoms with van der Waals surface area (Å²) in [7, 11) is 0. The van der Waals surface area contributed by atoms with E-state index in [1.807, 2.05) is 101 Å². The standard InChI is InChI=1S/C42H65N7O6.C16H13FN2O.2C2H6/c1-42(2,3)55-41(54)49-16-8-13-36(29-49)34-11-7-12-35(27-34)39(52)43-38(33-9-5-4-6-10-33)40(53)48-25-19-45(20-26-48)28-32-14-17-44(18-15-32)30-37(51)47-23-21-46(31-50)22-24-47;1-10-8-11(6-7-14(10)17)9-15-12-4-2-3-5-13(12)16(20)19-18-15;2*1-2/h7,11-12,27,31-33,36,38H,4-6,8-10,13-26,28-30H2,1-3H3,(H,43,52);2-8H,9H2,1H3,(H,19,20);2*1-2H3. The smallest absolute Gasteiger partial charge is 0.410 e. The monoisotopic (exact) mass is 1090 g/mol. The first kappa shape index (κ1) is 62.0. The molecule has 0 spiro atoms. The van der Waals surface area contributed by atoms with E-state index in [1.54, 1.807) is 34.9 Å². The molecule has 5 fully saturated rings. The van der Waals surface area contributed by atoms with Crippen LogP contribution in [0.1, 0.15) is 145 Å². The molecule has 1 aliphatic carbocycles. The number of aryl methyl sites for hydroxylation is 1. The molecule has 79 heavy (non-hydrogen) atoms. The fraction of sp³-hybridized carbons (Fsp3) is 0.597. The number of carbonyl (C=O) groups excluding carboxylic acids is 5. The molecule has 5 heterocycles. The SMILES string of the molecule is CC.CC.CC(C)(C)OC(=O)N1CCCC(c2cccc(C(=O)NC(C(=O)N3CCN(CC4CCN(CC(=O)N5CCN(C=O)CC5)CC4)CC3)C3CCCCC3)c2)C1.Cc1cc(Cc2n[nH]c(=O)c3ccccc23)ccc1F. The van der Waals surface area contributed by atoms with E-state index in [0.717, 1.165) is 113 Å². The third-order valence-corrected chi connectivity index (χ3v) is 15.8. The zero-order valence-electron chi connectivity index (χ0n) is 48.6. The summed E-state index contributed by atoms with van der Waals surface area (Å²) in [5.74, 6) is 0.593. The van der Waals surface area contributed by atoms with Gasteiger partial charge in [-0.05, 0) is 132 Å². The molecule has 1 aromatic heterocycles. The quantitative estimate of drug-likeness (QED) is 0.131. The number of halogens is 1. The molecule has 432 valence electrons. The number of amides is 5. The molecule has 16 nitrogen and oxygen atoms in total. The fourth-order valence-electron chi connectivity index (χ4n) is 11.5. The van der Waals surface area contributed by atoms with Crippen molar-refractivity contribution in [3.05, 3.63) is 111 Å². The predicted molar refractivity (Wildman–Crippen MR) is 309 cm³/mol. The van der Waals surface area contributed by atoms with Gasteiger partial charge >= 0.3 is 6.09 Å². The molecule has 4 saturated heterocycles. The van der Waals surface area contributed by atoms with Gasteiger partial charge in [-0.25, -0.2) is 14.3 Å². The molecule has 2 atom stereocenters. The predicted octanol–water partition coefficient (Wildman–Crippen LogP) is 8.65. The molecule has 0 radical (unpaired) electrons. The summed E-state index contributed by atoms with van der Waals surface area (Å²) < 4.78 is 18.9. The van der Waals surface area contributed by atoms with E-state index in [-0.39, 0.29) is 47.0 Å². The number of fused-ring (bicyclic) bond motifs is 1. The van der Waals surface area contributed by atoms with Crippen LogP contribution in [-0.4, -0.2) is 173 Å². The van der Waals surface area contributed by atoms with Crippen LogP contribution >= 0.6 is 0 Å². The largest absolute Gasteiger partial charge is 0.444 e. The fourth-order valence-corrected chi connectivity index (χ4v) is 11.5. The number of piperidine rings is 2. The highest BCUT2D eigenvalue weighted by molar-refractivity contribution is 5.98. The van der Waals surface area contributed by atoms with Crippen LogP contribution in [0, 0.1) is 24.6 Å². The minimum atomic E-state index is -0.553. The number of likely N-dealkylation sites (tertiary alicyclic amines) is 2. The van der Waals surface area contributed by atoms with E-state index in [0.29, 0.717) is 87.8 Å². The van der Waals surface area contributed by atoms with Gasteiger partial charge in [0, 0.05) is 95.3 Å². The normalized spacial score (nSPS) is 19.1. The number of hydrogen-bond acceptors (Lipinski definition) is 10. The van der Waals surface area contributed by atoms with Crippen LogP contribution in [0.5, 0.6) is 0 Å². The van der Waals surface area contributed by atoms with Gasteiger partial charge in [-0.15, -0.1) is 0 Å². The molecule has 1 saturated carbocycles. The number of ether oxygens (including phenoxy) is 1. The number of carbonyl (C=O) groups is 5. The van der Waals surface area contributed by atoms with Crippen molar-refractivity contribution in [2.24, 2.45) is 11.8 Å². The number of H-pyrrole nitrogens is 1. The number of rotatable bonds is 12. The Balaban J connectivity index is 0.000000348. The number of hydrogen-bond donors (Lipinski definition) is 2. The average Bonchev–Trinajstić information content (AvgIpc) is 3.49. The summed E-state index contributed by atoms with van der Waals surface area (Å²) in [5.41, 5.74) is 3.19. The third kappa shape index (κ3) is 17.9. The Kier molecular flexibility index (Phi) is 23.9. The van der Waals surface area contributed by atoms with Gasteiger partial charge in [-0.1, -0.05) is 89.4 Å².